The normalized spacial score (nSPS) is 12.8. The van der Waals surface area contributed by atoms with Crippen LogP contribution in [0, 0.1) is 11.6 Å². The summed E-state index contributed by atoms with van der Waals surface area (Å²) >= 11 is 2.97. The van der Waals surface area contributed by atoms with Gasteiger partial charge in [-0.15, -0.1) is 0 Å². The molecule has 0 aliphatic heterocycles. The molecule has 0 bridgehead atoms. The van der Waals surface area contributed by atoms with Gasteiger partial charge in [0.05, 0.1) is 10.6 Å². The van der Waals surface area contributed by atoms with Gasteiger partial charge in [0.15, 0.2) is 11.6 Å². The van der Waals surface area contributed by atoms with Crippen LogP contribution < -0.4 is 0 Å². The second-order valence-corrected chi connectivity index (χ2v) is 4.57. The first-order chi connectivity index (χ1) is 7.57. The summed E-state index contributed by atoms with van der Waals surface area (Å²) in [7, 11) is 0. The smallest absolute Gasteiger partial charge is 0.173 e. The van der Waals surface area contributed by atoms with Crippen molar-refractivity contribution in [2.75, 3.05) is 0 Å². The molecule has 0 aliphatic carbocycles. The second kappa shape index (κ2) is 6.30. The molecule has 0 saturated carbocycles. The molecule has 4 heteroatoms. The van der Waals surface area contributed by atoms with Crippen molar-refractivity contribution >= 4 is 15.9 Å². The average molecular weight is 293 g/mol. The van der Waals surface area contributed by atoms with Crippen molar-refractivity contribution in [2.45, 2.75) is 38.7 Å². The van der Waals surface area contributed by atoms with Gasteiger partial charge < -0.3 is 5.11 Å². The lowest BCUT2D eigenvalue weighted by Crippen LogP contribution is -2.01. The third-order valence-corrected chi connectivity index (χ3v) is 3.31. The molecule has 1 atom stereocenters. The Bertz CT molecular complexity index is 355. The van der Waals surface area contributed by atoms with E-state index in [0.717, 1.165) is 25.3 Å². The monoisotopic (exact) mass is 292 g/mol. The van der Waals surface area contributed by atoms with E-state index in [-0.39, 0.29) is 4.47 Å². The topological polar surface area (TPSA) is 20.2 Å². The predicted octanol–water partition coefficient (Wildman–Crippen LogP) is 4.34. The molecule has 16 heavy (non-hydrogen) atoms. The third-order valence-electron chi connectivity index (χ3n) is 2.51. The molecule has 0 heterocycles. The molecule has 0 aliphatic rings. The minimum absolute atomic E-state index is 0.0245. The minimum atomic E-state index is -0.938. The van der Waals surface area contributed by atoms with Crippen LogP contribution in [0.1, 0.15) is 44.3 Å². The van der Waals surface area contributed by atoms with Crippen molar-refractivity contribution < 1.29 is 13.9 Å². The fourth-order valence-corrected chi connectivity index (χ4v) is 2.13. The lowest BCUT2D eigenvalue weighted by atomic mass is 10.0. The van der Waals surface area contributed by atoms with E-state index in [2.05, 4.69) is 22.9 Å². The van der Waals surface area contributed by atoms with Gasteiger partial charge >= 0.3 is 0 Å². The van der Waals surface area contributed by atoms with E-state index in [1.807, 2.05) is 0 Å². The number of benzene rings is 1. The van der Waals surface area contributed by atoms with Crippen LogP contribution in [-0.4, -0.2) is 5.11 Å². The molecule has 1 nitrogen and oxygen atoms in total. The van der Waals surface area contributed by atoms with Crippen LogP contribution in [0.5, 0.6) is 0 Å². The molecule has 0 spiro atoms. The van der Waals surface area contributed by atoms with Crippen molar-refractivity contribution in [3.8, 4) is 0 Å². The van der Waals surface area contributed by atoms with E-state index in [1.54, 1.807) is 0 Å². The van der Waals surface area contributed by atoms with Crippen molar-refractivity contribution in [2.24, 2.45) is 0 Å². The molecule has 0 radical (unpaired) electrons. The van der Waals surface area contributed by atoms with E-state index in [1.165, 1.54) is 6.07 Å². The molecule has 0 saturated heterocycles. The van der Waals surface area contributed by atoms with Gasteiger partial charge in [0.1, 0.15) is 0 Å². The number of halogens is 3. The quantitative estimate of drug-likeness (QED) is 0.632. The van der Waals surface area contributed by atoms with E-state index in [4.69, 9.17) is 0 Å². The number of unbranched alkanes of at least 4 members (excludes halogenated alkanes) is 2. The molecular weight excluding hydrogens is 278 g/mol. The van der Waals surface area contributed by atoms with Crippen LogP contribution in [0.15, 0.2) is 16.6 Å². The average Bonchev–Trinajstić information content (AvgIpc) is 2.26. The summed E-state index contributed by atoms with van der Waals surface area (Å²) in [6.45, 7) is 2.07. The number of aliphatic hydroxyl groups excluding tert-OH is 1. The molecule has 1 aromatic rings. The SMILES string of the molecule is CCCCCC(O)c1ccc(F)c(F)c1Br. The van der Waals surface area contributed by atoms with Gasteiger partial charge in [0.25, 0.3) is 0 Å². The fourth-order valence-electron chi connectivity index (χ4n) is 1.54. The van der Waals surface area contributed by atoms with E-state index in [9.17, 15) is 13.9 Å². The van der Waals surface area contributed by atoms with Crippen LogP contribution >= 0.6 is 15.9 Å². The number of hydrogen-bond donors (Lipinski definition) is 1. The lowest BCUT2D eigenvalue weighted by molar-refractivity contribution is 0.162. The molecule has 1 unspecified atom stereocenters. The van der Waals surface area contributed by atoms with Gasteiger partial charge in [-0.3, -0.25) is 0 Å². The Balaban J connectivity index is 2.76. The van der Waals surface area contributed by atoms with Gasteiger partial charge in [0, 0.05) is 0 Å². The Morgan fingerprint density at radius 1 is 1.31 bits per heavy atom. The summed E-state index contributed by atoms with van der Waals surface area (Å²) in [4.78, 5) is 0. The Labute approximate surface area is 103 Å². The predicted molar refractivity (Wildman–Crippen MR) is 63.2 cm³/mol. The number of aliphatic hydroxyl groups is 1. The van der Waals surface area contributed by atoms with Crippen molar-refractivity contribution in [3.63, 3.8) is 0 Å². The second-order valence-electron chi connectivity index (χ2n) is 3.78. The summed E-state index contributed by atoms with van der Waals surface area (Å²) in [6.07, 6.45) is 2.79. The summed E-state index contributed by atoms with van der Waals surface area (Å²) < 4.78 is 26.1. The highest BCUT2D eigenvalue weighted by Gasteiger charge is 2.16. The molecular formula is C12H15BrF2O. The van der Waals surface area contributed by atoms with E-state index < -0.39 is 17.7 Å². The zero-order valence-corrected chi connectivity index (χ0v) is 10.7. The summed E-state index contributed by atoms with van der Waals surface area (Å²) in [5.41, 5.74) is 0.412. The maximum absolute atomic E-state index is 13.2. The van der Waals surface area contributed by atoms with Crippen molar-refractivity contribution in [1.29, 1.82) is 0 Å². The van der Waals surface area contributed by atoms with Crippen LogP contribution in [0.4, 0.5) is 8.78 Å². The zero-order valence-electron chi connectivity index (χ0n) is 9.14. The van der Waals surface area contributed by atoms with Gasteiger partial charge in [0.2, 0.25) is 0 Å². The summed E-state index contributed by atoms with van der Waals surface area (Å²) in [5, 5.41) is 9.82. The number of rotatable bonds is 5. The lowest BCUT2D eigenvalue weighted by Gasteiger charge is -2.13. The van der Waals surface area contributed by atoms with Crippen LogP contribution in [0.25, 0.3) is 0 Å². The minimum Gasteiger partial charge on any atom is -0.388 e. The molecule has 1 rings (SSSR count). The first-order valence-electron chi connectivity index (χ1n) is 5.39. The highest BCUT2D eigenvalue weighted by Crippen LogP contribution is 2.30. The van der Waals surface area contributed by atoms with Gasteiger partial charge in [-0.25, -0.2) is 8.78 Å². The molecule has 1 aromatic carbocycles. The first-order valence-corrected chi connectivity index (χ1v) is 6.18. The Morgan fingerprint density at radius 3 is 2.62 bits per heavy atom. The van der Waals surface area contributed by atoms with Crippen LogP contribution in [-0.2, 0) is 0 Å². The Hall–Kier alpha value is -0.480. The molecule has 90 valence electrons. The number of hydrogen-bond acceptors (Lipinski definition) is 1. The maximum Gasteiger partial charge on any atom is 0.173 e. The van der Waals surface area contributed by atoms with Crippen molar-refractivity contribution in [3.05, 3.63) is 33.8 Å². The third kappa shape index (κ3) is 3.25. The van der Waals surface area contributed by atoms with Crippen LogP contribution in [0.3, 0.4) is 0 Å². The molecule has 0 fully saturated rings. The van der Waals surface area contributed by atoms with Crippen LogP contribution in [0.2, 0.25) is 0 Å². The highest BCUT2D eigenvalue weighted by atomic mass is 79.9. The molecule has 0 amide bonds. The van der Waals surface area contributed by atoms with E-state index in [0.29, 0.717) is 12.0 Å². The van der Waals surface area contributed by atoms with Gasteiger partial charge in [-0.2, -0.15) is 0 Å². The Morgan fingerprint density at radius 2 is 2.00 bits per heavy atom. The van der Waals surface area contributed by atoms with Gasteiger partial charge in [-0.1, -0.05) is 32.3 Å². The van der Waals surface area contributed by atoms with Gasteiger partial charge in [-0.05, 0) is 34.0 Å². The fraction of sp³-hybridized carbons (Fsp3) is 0.500. The first kappa shape index (κ1) is 13.6. The van der Waals surface area contributed by atoms with E-state index >= 15 is 0 Å². The zero-order chi connectivity index (χ0) is 12.1. The standard InChI is InChI=1S/C12H15BrF2O/c1-2-3-4-5-10(16)8-6-7-9(14)12(15)11(8)13/h6-7,10,16H,2-5H2,1H3. The summed E-state index contributed by atoms with van der Waals surface area (Å²) in [5.74, 6) is -1.84. The largest absolute Gasteiger partial charge is 0.388 e. The Kier molecular flexibility index (Phi) is 5.35. The summed E-state index contributed by atoms with van der Waals surface area (Å²) in [6, 6.07) is 2.46. The highest BCUT2D eigenvalue weighted by molar-refractivity contribution is 9.10. The maximum atomic E-state index is 13.2. The van der Waals surface area contributed by atoms with Crippen molar-refractivity contribution in [1.82, 2.24) is 0 Å². The molecule has 0 aromatic heterocycles. The molecule has 1 N–H and O–H groups in total.